The Bertz CT molecular complexity index is 943. The molecule has 0 aliphatic carbocycles. The maximum atomic E-state index is 12.3. The number of hydrazone groups is 1. The molecule has 1 N–H and O–H groups in total. The second-order valence-corrected chi connectivity index (χ2v) is 6.24. The van der Waals surface area contributed by atoms with Crippen LogP contribution in [0.4, 0.5) is 5.69 Å². The van der Waals surface area contributed by atoms with Gasteiger partial charge in [-0.05, 0) is 65.5 Å². The van der Waals surface area contributed by atoms with E-state index in [1.54, 1.807) is 38.3 Å². The molecule has 0 fully saturated rings. The Morgan fingerprint density at radius 1 is 1.18 bits per heavy atom. The molecule has 0 radical (unpaired) electrons. The van der Waals surface area contributed by atoms with E-state index in [1.165, 1.54) is 4.68 Å². The zero-order valence-electron chi connectivity index (χ0n) is 15.3. The maximum absolute atomic E-state index is 12.3. The van der Waals surface area contributed by atoms with Crippen molar-refractivity contribution >= 4 is 28.5 Å². The van der Waals surface area contributed by atoms with E-state index >= 15 is 0 Å². The van der Waals surface area contributed by atoms with Crippen molar-refractivity contribution in [2.75, 3.05) is 19.1 Å². The molecule has 1 heterocycles. The fourth-order valence-electron chi connectivity index (χ4n) is 2.14. The second-order valence-electron chi connectivity index (χ2n) is 5.29. The molecule has 10 heteroatoms. The van der Waals surface area contributed by atoms with Crippen LogP contribution in [0, 0.1) is 0 Å². The van der Waals surface area contributed by atoms with Crippen molar-refractivity contribution in [1.82, 2.24) is 20.2 Å². The number of hydrogen-bond acceptors (Lipinski definition) is 9. The Morgan fingerprint density at radius 3 is 2.61 bits per heavy atom. The third kappa shape index (κ3) is 4.86. The highest BCUT2D eigenvalue weighted by Crippen LogP contribution is 2.21. The lowest BCUT2D eigenvalue weighted by molar-refractivity contribution is -0.134. The van der Waals surface area contributed by atoms with Gasteiger partial charge in [0.15, 0.2) is 0 Å². The number of anilines is 1. The van der Waals surface area contributed by atoms with Crippen molar-refractivity contribution in [3.8, 4) is 11.4 Å². The number of hydrogen-bond donors (Lipinski definition) is 1. The zero-order valence-corrected chi connectivity index (χ0v) is 16.1. The van der Waals surface area contributed by atoms with Gasteiger partial charge in [0.05, 0.1) is 25.1 Å². The first-order chi connectivity index (χ1) is 13.7. The fourth-order valence-corrected chi connectivity index (χ4v) is 2.86. The van der Waals surface area contributed by atoms with Crippen LogP contribution in [-0.2, 0) is 9.53 Å². The molecule has 0 saturated carbocycles. The van der Waals surface area contributed by atoms with Gasteiger partial charge < -0.3 is 9.47 Å². The number of nitrogens with zero attached hydrogens (tertiary/aromatic N) is 5. The molecule has 0 saturated heterocycles. The number of ether oxygens (including phenoxy) is 2. The van der Waals surface area contributed by atoms with Crippen LogP contribution in [0.3, 0.4) is 0 Å². The molecular formula is C18H18N6O3S. The van der Waals surface area contributed by atoms with Gasteiger partial charge in [0.25, 0.3) is 0 Å². The highest BCUT2D eigenvalue weighted by Gasteiger charge is 2.20. The normalized spacial score (nSPS) is 11.1. The Labute approximate surface area is 165 Å². The number of rotatable bonds is 6. The van der Waals surface area contributed by atoms with Crippen LogP contribution >= 0.6 is 11.8 Å². The second kappa shape index (κ2) is 9.51. The SMILES string of the molecule is CCOC(=O)C(=NNc1ccc(OC)cc1)Sc1nnnn1-c1ccccc1. The third-order valence-corrected chi connectivity index (χ3v) is 4.34. The number of carbonyl (C=O) groups is 1. The van der Waals surface area contributed by atoms with Crippen molar-refractivity contribution in [1.29, 1.82) is 0 Å². The summed E-state index contributed by atoms with van der Waals surface area (Å²) in [4.78, 5) is 12.3. The number of aromatic nitrogens is 4. The van der Waals surface area contributed by atoms with E-state index in [9.17, 15) is 4.79 Å². The Kier molecular flexibility index (Phi) is 6.58. The highest BCUT2D eigenvalue weighted by molar-refractivity contribution is 8.15. The molecule has 0 atom stereocenters. The van der Waals surface area contributed by atoms with Crippen LogP contribution in [-0.4, -0.2) is 44.9 Å². The van der Waals surface area contributed by atoms with Gasteiger partial charge in [-0.25, -0.2) is 4.79 Å². The minimum Gasteiger partial charge on any atom is -0.497 e. The van der Waals surface area contributed by atoms with Crippen molar-refractivity contribution in [2.45, 2.75) is 12.1 Å². The summed E-state index contributed by atoms with van der Waals surface area (Å²) in [5.74, 6) is 0.146. The monoisotopic (exact) mass is 398 g/mol. The number of methoxy groups -OCH3 is 1. The van der Waals surface area contributed by atoms with Gasteiger partial charge in [0.2, 0.25) is 10.2 Å². The van der Waals surface area contributed by atoms with Crippen molar-refractivity contribution in [3.05, 3.63) is 54.6 Å². The maximum Gasteiger partial charge on any atom is 0.365 e. The molecule has 0 amide bonds. The van der Waals surface area contributed by atoms with E-state index in [-0.39, 0.29) is 11.7 Å². The molecule has 1 aromatic heterocycles. The van der Waals surface area contributed by atoms with Crippen LogP contribution < -0.4 is 10.2 Å². The van der Waals surface area contributed by atoms with Gasteiger partial charge in [-0.15, -0.1) is 5.10 Å². The summed E-state index contributed by atoms with van der Waals surface area (Å²) in [7, 11) is 1.59. The minimum absolute atomic E-state index is 0.0737. The number of para-hydroxylation sites is 1. The fraction of sp³-hybridized carbons (Fsp3) is 0.167. The zero-order chi connectivity index (χ0) is 19.8. The quantitative estimate of drug-likeness (QED) is 0.222. The number of thioether (sulfide) groups is 1. The lowest BCUT2D eigenvalue weighted by Crippen LogP contribution is -2.17. The summed E-state index contributed by atoms with van der Waals surface area (Å²) in [6.45, 7) is 1.95. The first-order valence-electron chi connectivity index (χ1n) is 8.37. The minimum atomic E-state index is -0.573. The van der Waals surface area contributed by atoms with Crippen molar-refractivity contribution in [3.63, 3.8) is 0 Å². The van der Waals surface area contributed by atoms with Crippen LogP contribution in [0.25, 0.3) is 5.69 Å². The predicted molar refractivity (Wildman–Crippen MR) is 106 cm³/mol. The molecule has 144 valence electrons. The third-order valence-electron chi connectivity index (χ3n) is 3.46. The van der Waals surface area contributed by atoms with Gasteiger partial charge in [-0.1, -0.05) is 18.2 Å². The molecule has 28 heavy (non-hydrogen) atoms. The molecule has 3 rings (SSSR count). The number of esters is 1. The lowest BCUT2D eigenvalue weighted by atomic mass is 10.3. The van der Waals surface area contributed by atoms with Crippen LogP contribution in [0.5, 0.6) is 5.75 Å². The van der Waals surface area contributed by atoms with Crippen LogP contribution in [0.15, 0.2) is 64.9 Å². The number of tetrazole rings is 1. The lowest BCUT2D eigenvalue weighted by Gasteiger charge is -2.08. The summed E-state index contributed by atoms with van der Waals surface area (Å²) in [5, 5.41) is 16.3. The molecular weight excluding hydrogens is 380 g/mol. The van der Waals surface area contributed by atoms with E-state index in [1.807, 2.05) is 30.3 Å². The molecule has 0 aliphatic heterocycles. The predicted octanol–water partition coefficient (Wildman–Crippen LogP) is 2.75. The molecule has 0 aliphatic rings. The highest BCUT2D eigenvalue weighted by atomic mass is 32.2. The Morgan fingerprint density at radius 2 is 1.93 bits per heavy atom. The summed E-state index contributed by atoms with van der Waals surface area (Å²) in [6, 6.07) is 16.5. The molecule has 0 unspecified atom stereocenters. The average molecular weight is 398 g/mol. The molecule has 0 spiro atoms. The largest absolute Gasteiger partial charge is 0.497 e. The Balaban J connectivity index is 1.83. The van der Waals surface area contributed by atoms with Crippen LogP contribution in [0.2, 0.25) is 0 Å². The number of nitrogens with one attached hydrogen (secondary N) is 1. The molecule has 3 aromatic rings. The molecule has 0 bridgehead atoms. The number of carbonyl (C=O) groups excluding carboxylic acids is 1. The van der Waals surface area contributed by atoms with Crippen molar-refractivity contribution < 1.29 is 14.3 Å². The van der Waals surface area contributed by atoms with E-state index in [2.05, 4.69) is 26.1 Å². The number of benzene rings is 2. The van der Waals surface area contributed by atoms with E-state index < -0.39 is 5.97 Å². The van der Waals surface area contributed by atoms with Crippen LogP contribution in [0.1, 0.15) is 6.92 Å². The summed E-state index contributed by atoms with van der Waals surface area (Å²) in [5.41, 5.74) is 4.29. The topological polar surface area (TPSA) is 104 Å². The van der Waals surface area contributed by atoms with Gasteiger partial charge in [-0.3, -0.25) is 5.43 Å². The van der Waals surface area contributed by atoms with E-state index in [4.69, 9.17) is 9.47 Å². The summed E-state index contributed by atoms with van der Waals surface area (Å²) in [6.07, 6.45) is 0. The first-order valence-corrected chi connectivity index (χ1v) is 9.19. The summed E-state index contributed by atoms with van der Waals surface area (Å²) < 4.78 is 11.7. The first kappa shape index (κ1) is 19.4. The van der Waals surface area contributed by atoms with Gasteiger partial charge in [0.1, 0.15) is 5.75 Å². The van der Waals surface area contributed by atoms with Gasteiger partial charge in [-0.2, -0.15) is 9.78 Å². The average Bonchev–Trinajstić information content (AvgIpc) is 3.20. The van der Waals surface area contributed by atoms with E-state index in [0.29, 0.717) is 10.8 Å². The van der Waals surface area contributed by atoms with Gasteiger partial charge in [0, 0.05) is 0 Å². The van der Waals surface area contributed by atoms with Crippen molar-refractivity contribution in [2.24, 2.45) is 5.10 Å². The Hall–Kier alpha value is -3.40. The standard InChI is InChI=1S/C18H18N6O3S/c1-3-27-17(25)16(20-19-13-9-11-15(26-2)12-10-13)28-18-21-22-23-24(18)14-7-5-4-6-8-14/h4-12,19H,3H2,1-2H3. The molecule has 2 aromatic carbocycles. The smallest absolute Gasteiger partial charge is 0.365 e. The molecule has 9 nitrogen and oxygen atoms in total. The van der Waals surface area contributed by atoms with Gasteiger partial charge >= 0.3 is 5.97 Å². The van der Waals surface area contributed by atoms with E-state index in [0.717, 1.165) is 23.2 Å². The summed E-state index contributed by atoms with van der Waals surface area (Å²) >= 11 is 1.01.